The summed E-state index contributed by atoms with van der Waals surface area (Å²) in [7, 11) is 0. The molecule has 0 N–H and O–H groups in total. The number of hydrogen-bond acceptors (Lipinski definition) is 2. The Morgan fingerprint density at radius 3 is 2.64 bits per heavy atom. The summed E-state index contributed by atoms with van der Waals surface area (Å²) in [4.78, 5) is 0. The summed E-state index contributed by atoms with van der Waals surface area (Å²) < 4.78 is 4.76. The van der Waals surface area contributed by atoms with Gasteiger partial charge in [0.25, 0.3) is 6.26 Å². The van der Waals surface area contributed by atoms with E-state index in [-0.39, 0.29) is 16.9 Å². The zero-order valence-electron chi connectivity index (χ0n) is 5.96. The zero-order chi connectivity index (χ0) is 8.27. The molecule has 0 aromatic heterocycles. The molecule has 0 amide bonds. The van der Waals surface area contributed by atoms with Crippen LogP contribution >= 0.6 is 23.2 Å². The minimum absolute atomic E-state index is 0.106. The van der Waals surface area contributed by atoms with Crippen molar-refractivity contribution in [2.24, 2.45) is 0 Å². The van der Waals surface area contributed by atoms with E-state index >= 15 is 0 Å². The number of hydrogen-bond donors (Lipinski definition) is 0. The average Bonchev–Trinajstić information content (AvgIpc) is 1.95. The lowest BCUT2D eigenvalue weighted by atomic mass is 9.97. The van der Waals surface area contributed by atoms with Crippen LogP contribution in [-0.2, 0) is 4.74 Å². The second-order valence-electron chi connectivity index (χ2n) is 2.67. The van der Waals surface area contributed by atoms with Crippen LogP contribution in [0.3, 0.4) is 0 Å². The first kappa shape index (κ1) is 8.96. The highest BCUT2D eigenvalue weighted by Gasteiger charge is 2.29. The number of alkyl halides is 2. The van der Waals surface area contributed by atoms with Crippen molar-refractivity contribution in [2.45, 2.75) is 36.1 Å². The van der Waals surface area contributed by atoms with E-state index in [2.05, 4.69) is 0 Å². The van der Waals surface area contributed by atoms with Gasteiger partial charge in [0.2, 0.25) is 0 Å². The van der Waals surface area contributed by atoms with Gasteiger partial charge in [-0.15, -0.1) is 23.2 Å². The number of nitriles is 1. The Kier molecular flexibility index (Phi) is 3.29. The molecule has 0 saturated heterocycles. The SMILES string of the molecule is N#COC1CCC(Cl)CC1Cl. The molecule has 0 bridgehead atoms. The fourth-order valence-electron chi connectivity index (χ4n) is 1.24. The number of halogens is 2. The molecule has 0 aromatic rings. The highest BCUT2D eigenvalue weighted by molar-refractivity contribution is 6.24. The third kappa shape index (κ3) is 2.43. The van der Waals surface area contributed by atoms with Gasteiger partial charge in [0.1, 0.15) is 6.10 Å². The van der Waals surface area contributed by atoms with Crippen molar-refractivity contribution in [3.05, 3.63) is 0 Å². The summed E-state index contributed by atoms with van der Waals surface area (Å²) >= 11 is 11.7. The first-order valence-electron chi connectivity index (χ1n) is 3.57. The molecule has 1 rings (SSSR count). The van der Waals surface area contributed by atoms with Crippen molar-refractivity contribution >= 4 is 23.2 Å². The van der Waals surface area contributed by atoms with E-state index < -0.39 is 0 Å². The lowest BCUT2D eigenvalue weighted by Crippen LogP contribution is -2.31. The van der Waals surface area contributed by atoms with E-state index in [1.165, 1.54) is 0 Å². The van der Waals surface area contributed by atoms with Crippen LogP contribution < -0.4 is 0 Å². The molecule has 1 fully saturated rings. The molecule has 3 atom stereocenters. The van der Waals surface area contributed by atoms with Crippen molar-refractivity contribution < 1.29 is 4.74 Å². The lowest BCUT2D eigenvalue weighted by Gasteiger charge is -2.27. The van der Waals surface area contributed by atoms with Gasteiger partial charge in [-0.3, -0.25) is 0 Å². The molecule has 1 aliphatic carbocycles. The normalized spacial score (nSPS) is 37.7. The molecule has 0 aliphatic heterocycles. The maximum absolute atomic E-state index is 8.24. The van der Waals surface area contributed by atoms with Crippen molar-refractivity contribution in [1.82, 2.24) is 0 Å². The Morgan fingerprint density at radius 1 is 1.36 bits per heavy atom. The number of nitrogens with zero attached hydrogens (tertiary/aromatic N) is 1. The van der Waals surface area contributed by atoms with Crippen LogP contribution in [0, 0.1) is 11.5 Å². The molecular weight excluding hydrogens is 185 g/mol. The van der Waals surface area contributed by atoms with E-state index in [1.54, 1.807) is 6.26 Å². The maximum atomic E-state index is 8.24. The fourth-order valence-corrected chi connectivity index (χ4v) is 2.04. The Morgan fingerprint density at radius 2 is 2.09 bits per heavy atom. The van der Waals surface area contributed by atoms with Gasteiger partial charge >= 0.3 is 0 Å². The molecule has 2 nitrogen and oxygen atoms in total. The van der Waals surface area contributed by atoms with E-state index in [1.807, 2.05) is 0 Å². The van der Waals surface area contributed by atoms with Gasteiger partial charge in [0.15, 0.2) is 0 Å². The third-order valence-electron chi connectivity index (χ3n) is 1.85. The predicted octanol–water partition coefficient (Wildman–Crippen LogP) is 2.25. The molecule has 0 radical (unpaired) electrons. The van der Waals surface area contributed by atoms with Gasteiger partial charge < -0.3 is 4.74 Å². The van der Waals surface area contributed by atoms with Gasteiger partial charge in [-0.25, -0.2) is 0 Å². The van der Waals surface area contributed by atoms with Crippen molar-refractivity contribution in [3.63, 3.8) is 0 Å². The summed E-state index contributed by atoms with van der Waals surface area (Å²) in [5, 5.41) is 8.28. The zero-order valence-corrected chi connectivity index (χ0v) is 7.48. The standard InChI is InChI=1S/C7H9Cl2NO/c8-5-1-2-7(11-4-10)6(9)3-5/h5-7H,1-3H2. The van der Waals surface area contributed by atoms with Crippen LogP contribution in [0.5, 0.6) is 0 Å². The molecule has 4 heteroatoms. The maximum Gasteiger partial charge on any atom is 0.286 e. The van der Waals surface area contributed by atoms with Gasteiger partial charge in [-0.2, -0.15) is 5.26 Å². The molecular formula is C7H9Cl2NO. The van der Waals surface area contributed by atoms with Gasteiger partial charge in [0.05, 0.1) is 5.38 Å². The molecule has 1 aliphatic rings. The quantitative estimate of drug-likeness (QED) is 0.473. The highest BCUT2D eigenvalue weighted by atomic mass is 35.5. The topological polar surface area (TPSA) is 33.0 Å². The fraction of sp³-hybridized carbons (Fsp3) is 0.857. The largest absolute Gasteiger partial charge is 0.423 e. The van der Waals surface area contributed by atoms with E-state index in [0.29, 0.717) is 0 Å². The van der Waals surface area contributed by atoms with Crippen LogP contribution in [0.4, 0.5) is 0 Å². The second kappa shape index (κ2) is 4.04. The molecule has 0 spiro atoms. The van der Waals surface area contributed by atoms with Crippen LogP contribution in [0.2, 0.25) is 0 Å². The first-order chi connectivity index (χ1) is 5.24. The Balaban J connectivity index is 2.39. The van der Waals surface area contributed by atoms with E-state index in [4.69, 9.17) is 33.2 Å². The summed E-state index contributed by atoms with van der Waals surface area (Å²) in [5.74, 6) is 0. The smallest absolute Gasteiger partial charge is 0.286 e. The van der Waals surface area contributed by atoms with Crippen molar-refractivity contribution in [2.75, 3.05) is 0 Å². The minimum Gasteiger partial charge on any atom is -0.423 e. The summed E-state index contributed by atoms with van der Waals surface area (Å²) in [6.07, 6.45) is 3.93. The predicted molar refractivity (Wildman–Crippen MR) is 43.6 cm³/mol. The second-order valence-corrected chi connectivity index (χ2v) is 3.85. The molecule has 62 valence electrons. The molecule has 11 heavy (non-hydrogen) atoms. The van der Waals surface area contributed by atoms with Crippen molar-refractivity contribution in [3.8, 4) is 6.26 Å². The summed E-state index contributed by atoms with van der Waals surface area (Å²) in [6.45, 7) is 0. The average molecular weight is 194 g/mol. The Hall–Kier alpha value is -0.130. The van der Waals surface area contributed by atoms with Crippen LogP contribution in [0.15, 0.2) is 0 Å². The lowest BCUT2D eigenvalue weighted by molar-refractivity contribution is 0.125. The highest BCUT2D eigenvalue weighted by Crippen LogP contribution is 2.28. The minimum atomic E-state index is -0.128. The van der Waals surface area contributed by atoms with Crippen LogP contribution in [0.25, 0.3) is 0 Å². The summed E-state index contributed by atoms with van der Waals surface area (Å²) in [5.41, 5.74) is 0. The molecule has 0 aromatic carbocycles. The molecule has 3 unspecified atom stereocenters. The van der Waals surface area contributed by atoms with Gasteiger partial charge in [-0.1, -0.05) is 0 Å². The monoisotopic (exact) mass is 193 g/mol. The van der Waals surface area contributed by atoms with Crippen molar-refractivity contribution in [1.29, 1.82) is 5.26 Å². The van der Waals surface area contributed by atoms with Crippen LogP contribution in [-0.4, -0.2) is 16.9 Å². The van der Waals surface area contributed by atoms with E-state index in [9.17, 15) is 0 Å². The Labute approximate surface area is 76.0 Å². The third-order valence-corrected chi connectivity index (χ3v) is 2.71. The molecule has 0 heterocycles. The number of ether oxygens (including phenoxy) is 1. The van der Waals surface area contributed by atoms with Gasteiger partial charge in [0, 0.05) is 5.38 Å². The number of rotatable bonds is 1. The van der Waals surface area contributed by atoms with Crippen LogP contribution in [0.1, 0.15) is 19.3 Å². The first-order valence-corrected chi connectivity index (χ1v) is 4.44. The molecule has 1 saturated carbocycles. The Bertz CT molecular complexity index is 168. The van der Waals surface area contributed by atoms with Gasteiger partial charge in [-0.05, 0) is 19.3 Å². The van der Waals surface area contributed by atoms with E-state index in [0.717, 1.165) is 19.3 Å². The summed E-state index contributed by atoms with van der Waals surface area (Å²) in [6, 6.07) is 0.